The Balaban J connectivity index is 1.80. The van der Waals surface area contributed by atoms with E-state index < -0.39 is 17.9 Å². The van der Waals surface area contributed by atoms with Crippen LogP contribution in [0, 0.1) is 6.92 Å². The van der Waals surface area contributed by atoms with Gasteiger partial charge in [0, 0.05) is 44.7 Å². The lowest BCUT2D eigenvalue weighted by Gasteiger charge is -2.33. The van der Waals surface area contributed by atoms with Crippen molar-refractivity contribution in [3.63, 3.8) is 0 Å². The molecule has 0 bridgehead atoms. The fourth-order valence-electron chi connectivity index (χ4n) is 4.19. The number of halogens is 2. The maximum Gasteiger partial charge on any atom is 0.356 e. The van der Waals surface area contributed by atoms with Crippen LogP contribution < -0.4 is 15.8 Å². The standard InChI is InChI=1S/C23H25F2N5O3/c1-13-11-15(14(2)27-17-5-4-8-26-19(17)21(32)33)18-16(12-13)20(31)29(3)22(28-18)30-9-6-23(24,25)7-10-30/h4-5,8,11-12,14,27H,6-7,9-10H2,1-3H3,(H,32,33). The molecule has 1 aliphatic heterocycles. The lowest BCUT2D eigenvalue weighted by molar-refractivity contribution is -0.0223. The van der Waals surface area contributed by atoms with E-state index in [9.17, 15) is 23.5 Å². The third kappa shape index (κ3) is 4.37. The van der Waals surface area contributed by atoms with Crippen molar-refractivity contribution in [2.24, 2.45) is 7.05 Å². The first kappa shape index (κ1) is 22.6. The highest BCUT2D eigenvalue weighted by atomic mass is 19.3. The van der Waals surface area contributed by atoms with Gasteiger partial charge in [-0.3, -0.25) is 9.36 Å². The van der Waals surface area contributed by atoms with E-state index in [1.165, 1.54) is 10.8 Å². The molecule has 1 unspecified atom stereocenters. The van der Waals surface area contributed by atoms with Crippen LogP contribution in [0.15, 0.2) is 35.3 Å². The first-order valence-corrected chi connectivity index (χ1v) is 10.7. The molecule has 1 saturated heterocycles. The number of nitrogens with zero attached hydrogens (tertiary/aromatic N) is 4. The Morgan fingerprint density at radius 3 is 2.64 bits per heavy atom. The summed E-state index contributed by atoms with van der Waals surface area (Å²) in [6.45, 7) is 3.91. The van der Waals surface area contributed by atoms with Crippen LogP contribution in [0.1, 0.15) is 47.4 Å². The molecular weight excluding hydrogens is 432 g/mol. The summed E-state index contributed by atoms with van der Waals surface area (Å²) in [5.41, 5.74) is 1.97. The van der Waals surface area contributed by atoms with Crippen molar-refractivity contribution < 1.29 is 18.7 Å². The summed E-state index contributed by atoms with van der Waals surface area (Å²) >= 11 is 0. The van der Waals surface area contributed by atoms with Gasteiger partial charge < -0.3 is 15.3 Å². The van der Waals surface area contributed by atoms with E-state index in [2.05, 4.69) is 10.3 Å². The molecule has 33 heavy (non-hydrogen) atoms. The zero-order chi connectivity index (χ0) is 23.9. The second kappa shape index (κ2) is 8.42. The number of hydrogen-bond donors (Lipinski definition) is 2. The molecule has 1 atom stereocenters. The lowest BCUT2D eigenvalue weighted by Crippen LogP contribution is -2.42. The first-order valence-electron chi connectivity index (χ1n) is 10.7. The number of rotatable bonds is 5. The number of hydrogen-bond acceptors (Lipinski definition) is 6. The van der Waals surface area contributed by atoms with Crippen molar-refractivity contribution in [3.8, 4) is 0 Å². The van der Waals surface area contributed by atoms with Crippen molar-refractivity contribution >= 4 is 28.5 Å². The molecular formula is C23H25F2N5O3. The number of fused-ring (bicyclic) bond motifs is 1. The molecule has 3 aromatic rings. The van der Waals surface area contributed by atoms with E-state index in [4.69, 9.17) is 4.98 Å². The smallest absolute Gasteiger partial charge is 0.356 e. The number of aromatic carboxylic acids is 1. The van der Waals surface area contributed by atoms with Crippen LogP contribution in [0.2, 0.25) is 0 Å². The predicted molar refractivity (Wildman–Crippen MR) is 121 cm³/mol. The van der Waals surface area contributed by atoms with Gasteiger partial charge in [-0.15, -0.1) is 0 Å². The molecule has 3 heterocycles. The minimum atomic E-state index is -2.71. The van der Waals surface area contributed by atoms with Gasteiger partial charge in [0.05, 0.1) is 22.6 Å². The second-order valence-corrected chi connectivity index (χ2v) is 8.44. The van der Waals surface area contributed by atoms with E-state index >= 15 is 0 Å². The highest BCUT2D eigenvalue weighted by molar-refractivity contribution is 5.92. The van der Waals surface area contributed by atoms with Crippen LogP contribution in [-0.4, -0.2) is 44.6 Å². The van der Waals surface area contributed by atoms with Crippen LogP contribution >= 0.6 is 0 Å². The first-order chi connectivity index (χ1) is 15.6. The van der Waals surface area contributed by atoms with Gasteiger partial charge in [-0.2, -0.15) is 0 Å². The Morgan fingerprint density at radius 1 is 1.27 bits per heavy atom. The molecule has 4 rings (SSSR count). The number of nitrogens with one attached hydrogen (secondary N) is 1. The molecule has 10 heteroatoms. The highest BCUT2D eigenvalue weighted by Gasteiger charge is 2.35. The third-order valence-electron chi connectivity index (χ3n) is 5.96. The Morgan fingerprint density at radius 2 is 1.97 bits per heavy atom. The average Bonchev–Trinajstić information content (AvgIpc) is 2.76. The molecule has 0 radical (unpaired) electrons. The number of carbonyl (C=O) groups is 1. The Bertz CT molecular complexity index is 1280. The molecule has 1 fully saturated rings. The zero-order valence-electron chi connectivity index (χ0n) is 18.6. The summed E-state index contributed by atoms with van der Waals surface area (Å²) in [7, 11) is 1.59. The molecule has 174 valence electrons. The monoisotopic (exact) mass is 457 g/mol. The number of piperidine rings is 1. The Hall–Kier alpha value is -3.56. The number of aryl methyl sites for hydroxylation is 1. The largest absolute Gasteiger partial charge is 0.476 e. The number of pyridine rings is 1. The van der Waals surface area contributed by atoms with Crippen LogP contribution in [0.4, 0.5) is 20.4 Å². The predicted octanol–water partition coefficient (Wildman–Crippen LogP) is 3.74. The van der Waals surface area contributed by atoms with Gasteiger partial charge in [0.25, 0.3) is 11.5 Å². The SMILES string of the molecule is Cc1cc(C(C)Nc2cccnc2C(=O)O)c2nc(N3CCC(F)(F)CC3)n(C)c(=O)c2c1. The summed E-state index contributed by atoms with van der Waals surface area (Å²) in [6, 6.07) is 6.48. The van der Waals surface area contributed by atoms with E-state index in [0.717, 1.165) is 5.56 Å². The summed E-state index contributed by atoms with van der Waals surface area (Å²) in [5, 5.41) is 13.0. The number of alkyl halides is 2. The third-order valence-corrected chi connectivity index (χ3v) is 5.96. The van der Waals surface area contributed by atoms with E-state index in [1.54, 1.807) is 30.1 Å². The molecule has 8 nitrogen and oxygen atoms in total. The number of benzene rings is 1. The molecule has 0 amide bonds. The van der Waals surface area contributed by atoms with Crippen molar-refractivity contribution in [1.82, 2.24) is 14.5 Å². The maximum atomic E-state index is 13.7. The maximum absolute atomic E-state index is 13.7. The number of carboxylic acids is 1. The van der Waals surface area contributed by atoms with Gasteiger partial charge in [-0.25, -0.2) is 23.5 Å². The lowest BCUT2D eigenvalue weighted by atomic mass is 10.0. The molecule has 2 N–H and O–H groups in total. The summed E-state index contributed by atoms with van der Waals surface area (Å²) in [5.74, 6) is -3.53. The molecule has 0 spiro atoms. The minimum absolute atomic E-state index is 0.103. The molecule has 1 aromatic carbocycles. The topological polar surface area (TPSA) is 100 Å². The van der Waals surface area contributed by atoms with Crippen LogP contribution in [0.3, 0.4) is 0 Å². The van der Waals surface area contributed by atoms with Gasteiger partial charge in [0.1, 0.15) is 0 Å². The quantitative estimate of drug-likeness (QED) is 0.602. The van der Waals surface area contributed by atoms with E-state index in [1.807, 2.05) is 19.9 Å². The molecule has 2 aromatic heterocycles. The minimum Gasteiger partial charge on any atom is -0.476 e. The zero-order valence-corrected chi connectivity index (χ0v) is 18.6. The number of carboxylic acid groups (broad SMARTS) is 1. The number of anilines is 2. The van der Waals surface area contributed by atoms with Crippen LogP contribution in [0.5, 0.6) is 0 Å². The fraction of sp³-hybridized carbons (Fsp3) is 0.391. The highest BCUT2D eigenvalue weighted by Crippen LogP contribution is 2.32. The van der Waals surface area contributed by atoms with Gasteiger partial charge in [-0.05, 0) is 37.6 Å². The summed E-state index contributed by atoms with van der Waals surface area (Å²) in [6.07, 6.45) is 0.818. The van der Waals surface area contributed by atoms with Crippen molar-refractivity contribution in [3.05, 3.63) is 57.6 Å². The van der Waals surface area contributed by atoms with Gasteiger partial charge in [0.2, 0.25) is 5.95 Å². The average molecular weight is 457 g/mol. The van der Waals surface area contributed by atoms with Crippen molar-refractivity contribution in [1.29, 1.82) is 0 Å². The number of aromatic nitrogens is 3. The van der Waals surface area contributed by atoms with Crippen LogP contribution in [0.25, 0.3) is 10.9 Å². The fourth-order valence-corrected chi connectivity index (χ4v) is 4.19. The van der Waals surface area contributed by atoms with Crippen molar-refractivity contribution in [2.75, 3.05) is 23.3 Å². The van der Waals surface area contributed by atoms with Crippen molar-refractivity contribution in [2.45, 2.75) is 38.7 Å². The summed E-state index contributed by atoms with van der Waals surface area (Å²) in [4.78, 5) is 35.1. The molecule has 1 aliphatic rings. The van der Waals surface area contributed by atoms with E-state index in [0.29, 0.717) is 28.1 Å². The molecule has 0 aliphatic carbocycles. The van der Waals surface area contributed by atoms with E-state index in [-0.39, 0.29) is 37.2 Å². The second-order valence-electron chi connectivity index (χ2n) is 8.44. The normalized spacial score (nSPS) is 16.6. The summed E-state index contributed by atoms with van der Waals surface area (Å²) < 4.78 is 28.7. The Kier molecular flexibility index (Phi) is 5.77. The Labute approximate surface area is 188 Å². The van der Waals surface area contributed by atoms with Gasteiger partial charge >= 0.3 is 5.97 Å². The molecule has 0 saturated carbocycles. The van der Waals surface area contributed by atoms with Crippen LogP contribution in [-0.2, 0) is 7.05 Å². The van der Waals surface area contributed by atoms with Gasteiger partial charge in [-0.1, -0.05) is 6.07 Å². The van der Waals surface area contributed by atoms with Gasteiger partial charge in [0.15, 0.2) is 5.69 Å².